The monoisotopic (exact) mass is 212 g/mol. The highest BCUT2D eigenvalue weighted by Crippen LogP contribution is 2.40. The lowest BCUT2D eigenvalue weighted by atomic mass is 9.99. The molecule has 0 aliphatic heterocycles. The van der Waals surface area contributed by atoms with E-state index >= 15 is 0 Å². The van der Waals surface area contributed by atoms with Gasteiger partial charge in [-0.05, 0) is 42.4 Å². The third kappa shape index (κ3) is 1.96. The van der Waals surface area contributed by atoms with Crippen molar-refractivity contribution >= 4 is 0 Å². The molecule has 0 fully saturated rings. The van der Waals surface area contributed by atoms with Gasteiger partial charge in [0.2, 0.25) is 0 Å². The molecule has 1 unspecified atom stereocenters. The van der Waals surface area contributed by atoms with E-state index in [2.05, 4.69) is 11.7 Å². The van der Waals surface area contributed by atoms with Gasteiger partial charge >= 0.3 is 6.61 Å². The van der Waals surface area contributed by atoms with Gasteiger partial charge in [0.25, 0.3) is 0 Å². The van der Waals surface area contributed by atoms with Crippen molar-refractivity contribution in [2.75, 3.05) is 0 Å². The molecular formula is C12H14F2O. The Hall–Kier alpha value is -1.12. The Morgan fingerprint density at radius 2 is 2.27 bits per heavy atom. The lowest BCUT2D eigenvalue weighted by Gasteiger charge is -2.11. The Kier molecular flexibility index (Phi) is 2.89. The second-order valence-corrected chi connectivity index (χ2v) is 3.85. The van der Waals surface area contributed by atoms with Gasteiger partial charge in [-0.1, -0.05) is 19.1 Å². The Bertz CT molecular complexity index is 349. The zero-order valence-electron chi connectivity index (χ0n) is 8.67. The van der Waals surface area contributed by atoms with Crippen LogP contribution in [0.4, 0.5) is 8.78 Å². The number of fused-ring (bicyclic) bond motifs is 1. The van der Waals surface area contributed by atoms with Gasteiger partial charge < -0.3 is 4.74 Å². The topological polar surface area (TPSA) is 9.23 Å². The maximum Gasteiger partial charge on any atom is 0.387 e. The zero-order valence-corrected chi connectivity index (χ0v) is 8.67. The van der Waals surface area contributed by atoms with Gasteiger partial charge in [0, 0.05) is 0 Å². The summed E-state index contributed by atoms with van der Waals surface area (Å²) >= 11 is 0. The van der Waals surface area contributed by atoms with E-state index in [0.717, 1.165) is 24.8 Å². The van der Waals surface area contributed by atoms with Crippen LogP contribution in [-0.2, 0) is 6.42 Å². The average molecular weight is 212 g/mol. The minimum Gasteiger partial charge on any atom is -0.435 e. The van der Waals surface area contributed by atoms with Gasteiger partial charge in [0.05, 0.1) is 0 Å². The van der Waals surface area contributed by atoms with Crippen LogP contribution < -0.4 is 4.74 Å². The minimum atomic E-state index is -2.72. The smallest absolute Gasteiger partial charge is 0.387 e. The van der Waals surface area contributed by atoms with Gasteiger partial charge in [0.1, 0.15) is 5.75 Å². The Morgan fingerprint density at radius 1 is 1.47 bits per heavy atom. The summed E-state index contributed by atoms with van der Waals surface area (Å²) in [6.45, 7) is -0.599. The SMILES string of the molecule is CCC1CCc2c(OC(F)F)cccc21. The Balaban J connectivity index is 2.31. The molecule has 82 valence electrons. The average Bonchev–Trinajstić information content (AvgIpc) is 2.61. The van der Waals surface area contributed by atoms with Crippen LogP contribution in [0.25, 0.3) is 0 Å². The maximum atomic E-state index is 12.1. The summed E-state index contributed by atoms with van der Waals surface area (Å²) in [5.41, 5.74) is 2.17. The lowest BCUT2D eigenvalue weighted by molar-refractivity contribution is -0.0503. The van der Waals surface area contributed by atoms with Crippen LogP contribution in [0.3, 0.4) is 0 Å². The number of halogens is 2. The molecule has 1 aromatic rings. The number of hydrogen-bond acceptors (Lipinski definition) is 1. The van der Waals surface area contributed by atoms with Crippen LogP contribution in [0.15, 0.2) is 18.2 Å². The highest BCUT2D eigenvalue weighted by atomic mass is 19.3. The molecule has 0 saturated heterocycles. The van der Waals surface area contributed by atoms with Crippen molar-refractivity contribution in [3.8, 4) is 5.75 Å². The van der Waals surface area contributed by atoms with Gasteiger partial charge in [-0.3, -0.25) is 0 Å². The molecule has 0 bridgehead atoms. The molecular weight excluding hydrogens is 198 g/mol. The highest BCUT2D eigenvalue weighted by Gasteiger charge is 2.24. The summed E-state index contributed by atoms with van der Waals surface area (Å²) < 4.78 is 28.8. The minimum absolute atomic E-state index is 0.360. The van der Waals surface area contributed by atoms with E-state index in [1.54, 1.807) is 12.1 Å². The number of rotatable bonds is 3. The summed E-state index contributed by atoms with van der Waals surface area (Å²) in [4.78, 5) is 0. The molecule has 3 heteroatoms. The molecule has 1 nitrogen and oxygen atoms in total. The summed E-state index contributed by atoms with van der Waals surface area (Å²) in [5.74, 6) is 0.875. The number of alkyl halides is 2. The lowest BCUT2D eigenvalue weighted by Crippen LogP contribution is -2.04. The number of ether oxygens (including phenoxy) is 1. The first kappa shape index (κ1) is 10.4. The molecule has 0 saturated carbocycles. The molecule has 2 rings (SSSR count). The highest BCUT2D eigenvalue weighted by molar-refractivity contribution is 5.45. The van der Waals surface area contributed by atoms with Crippen molar-refractivity contribution in [1.29, 1.82) is 0 Å². The molecule has 0 heterocycles. The zero-order chi connectivity index (χ0) is 10.8. The van der Waals surface area contributed by atoms with E-state index in [-0.39, 0.29) is 0 Å². The quantitative estimate of drug-likeness (QED) is 0.741. The molecule has 0 N–H and O–H groups in total. The largest absolute Gasteiger partial charge is 0.435 e. The number of benzene rings is 1. The first-order chi connectivity index (χ1) is 7.22. The van der Waals surface area contributed by atoms with Crippen LogP contribution in [-0.4, -0.2) is 6.61 Å². The predicted octanol–water partition coefficient (Wildman–Crippen LogP) is 3.73. The van der Waals surface area contributed by atoms with Crippen molar-refractivity contribution in [1.82, 2.24) is 0 Å². The van der Waals surface area contributed by atoms with Gasteiger partial charge in [-0.15, -0.1) is 0 Å². The summed E-state index contributed by atoms with van der Waals surface area (Å²) in [6, 6.07) is 5.45. The molecule has 0 aromatic heterocycles. The van der Waals surface area contributed by atoms with E-state index in [1.807, 2.05) is 6.07 Å². The summed E-state index contributed by atoms with van der Waals surface area (Å²) in [7, 11) is 0. The fourth-order valence-electron chi connectivity index (χ4n) is 2.34. The van der Waals surface area contributed by atoms with E-state index in [1.165, 1.54) is 5.56 Å². The van der Waals surface area contributed by atoms with E-state index in [9.17, 15) is 8.78 Å². The molecule has 0 radical (unpaired) electrons. The van der Waals surface area contributed by atoms with E-state index in [4.69, 9.17) is 0 Å². The second kappa shape index (κ2) is 4.17. The van der Waals surface area contributed by atoms with Crippen LogP contribution >= 0.6 is 0 Å². The van der Waals surface area contributed by atoms with E-state index < -0.39 is 6.61 Å². The molecule has 1 aromatic carbocycles. The molecule has 0 spiro atoms. The Morgan fingerprint density at radius 3 is 2.93 bits per heavy atom. The van der Waals surface area contributed by atoms with Crippen molar-refractivity contribution in [3.05, 3.63) is 29.3 Å². The fraction of sp³-hybridized carbons (Fsp3) is 0.500. The third-order valence-electron chi connectivity index (χ3n) is 3.06. The van der Waals surface area contributed by atoms with Crippen molar-refractivity contribution in [2.45, 2.75) is 38.7 Å². The predicted molar refractivity (Wildman–Crippen MR) is 54.4 cm³/mol. The van der Waals surface area contributed by atoms with Crippen molar-refractivity contribution in [3.63, 3.8) is 0 Å². The molecule has 15 heavy (non-hydrogen) atoms. The van der Waals surface area contributed by atoms with Crippen LogP contribution in [0.1, 0.15) is 36.8 Å². The molecule has 0 amide bonds. The second-order valence-electron chi connectivity index (χ2n) is 3.85. The summed E-state index contributed by atoms with van der Waals surface area (Å²) in [6.07, 6.45) is 2.97. The molecule has 1 aliphatic rings. The van der Waals surface area contributed by atoms with Crippen molar-refractivity contribution < 1.29 is 13.5 Å². The standard InChI is InChI=1S/C12H14F2O/c1-2-8-6-7-10-9(8)4-3-5-11(10)15-12(13)14/h3-5,8,12H,2,6-7H2,1H3. The molecule has 1 aliphatic carbocycles. The Labute approximate surface area is 88.1 Å². The molecule has 1 atom stereocenters. The number of hydrogen-bond donors (Lipinski definition) is 0. The van der Waals surface area contributed by atoms with Gasteiger partial charge in [0.15, 0.2) is 0 Å². The van der Waals surface area contributed by atoms with Crippen LogP contribution in [0.5, 0.6) is 5.75 Å². The van der Waals surface area contributed by atoms with Gasteiger partial charge in [-0.2, -0.15) is 8.78 Å². The normalized spacial score (nSPS) is 19.3. The first-order valence-electron chi connectivity index (χ1n) is 5.29. The van der Waals surface area contributed by atoms with Crippen LogP contribution in [0.2, 0.25) is 0 Å². The van der Waals surface area contributed by atoms with Crippen molar-refractivity contribution in [2.24, 2.45) is 0 Å². The maximum absolute atomic E-state index is 12.1. The third-order valence-corrected chi connectivity index (χ3v) is 3.06. The fourth-order valence-corrected chi connectivity index (χ4v) is 2.34. The first-order valence-corrected chi connectivity index (χ1v) is 5.29. The van der Waals surface area contributed by atoms with Crippen LogP contribution in [0, 0.1) is 0 Å². The summed E-state index contributed by atoms with van der Waals surface area (Å²) in [5, 5.41) is 0. The van der Waals surface area contributed by atoms with Gasteiger partial charge in [-0.25, -0.2) is 0 Å². The van der Waals surface area contributed by atoms with E-state index in [0.29, 0.717) is 11.7 Å².